The summed E-state index contributed by atoms with van der Waals surface area (Å²) in [5.41, 5.74) is 7.41. The number of rotatable bonds is 2. The summed E-state index contributed by atoms with van der Waals surface area (Å²) < 4.78 is 16.5. The molecular formula is C13H13ClN2O3. The molecule has 0 saturated heterocycles. The van der Waals surface area contributed by atoms with Crippen LogP contribution in [0.15, 0.2) is 16.7 Å². The molecule has 0 spiro atoms. The van der Waals surface area contributed by atoms with Crippen molar-refractivity contribution >= 4 is 17.4 Å². The van der Waals surface area contributed by atoms with Gasteiger partial charge in [0.25, 0.3) is 0 Å². The molecule has 1 aliphatic heterocycles. The molecule has 1 aromatic heterocycles. The molecule has 100 valence electrons. The maximum Gasteiger partial charge on any atom is 0.180 e. The highest BCUT2D eigenvalue weighted by Crippen LogP contribution is 2.45. The number of benzene rings is 1. The van der Waals surface area contributed by atoms with Crippen molar-refractivity contribution in [3.05, 3.63) is 22.7 Å². The van der Waals surface area contributed by atoms with Crippen molar-refractivity contribution in [2.45, 2.75) is 13.3 Å². The summed E-state index contributed by atoms with van der Waals surface area (Å²) in [7, 11) is 0. The van der Waals surface area contributed by atoms with Crippen LogP contribution in [0.1, 0.15) is 12.5 Å². The molecule has 2 heterocycles. The molecule has 2 N–H and O–H groups in total. The number of hydrogen-bond donors (Lipinski definition) is 1. The second-order valence-electron chi connectivity index (χ2n) is 4.21. The van der Waals surface area contributed by atoms with Crippen LogP contribution in [0.25, 0.3) is 11.3 Å². The molecule has 2 aromatic rings. The third kappa shape index (κ3) is 2.00. The van der Waals surface area contributed by atoms with Crippen molar-refractivity contribution in [3.8, 4) is 22.8 Å². The van der Waals surface area contributed by atoms with E-state index in [9.17, 15) is 0 Å². The standard InChI is InChI=1S/C13H13ClN2O3/c1-2-7-8(10-6-11(15)16-19-10)5-9(14)13-12(7)17-3-4-18-13/h5-6H,2-4H2,1H3,(H2,15,16). The highest BCUT2D eigenvalue weighted by atomic mass is 35.5. The maximum absolute atomic E-state index is 6.23. The van der Waals surface area contributed by atoms with Crippen LogP contribution in [0.4, 0.5) is 5.82 Å². The maximum atomic E-state index is 6.23. The van der Waals surface area contributed by atoms with Crippen LogP contribution in [-0.4, -0.2) is 18.4 Å². The second kappa shape index (κ2) is 4.66. The molecule has 0 aliphatic carbocycles. The Labute approximate surface area is 115 Å². The molecule has 1 aromatic carbocycles. The van der Waals surface area contributed by atoms with E-state index in [1.165, 1.54) is 0 Å². The van der Waals surface area contributed by atoms with E-state index in [0.29, 0.717) is 41.3 Å². The van der Waals surface area contributed by atoms with Crippen LogP contribution >= 0.6 is 11.6 Å². The van der Waals surface area contributed by atoms with E-state index in [0.717, 1.165) is 17.5 Å². The molecule has 5 nitrogen and oxygen atoms in total. The molecular weight excluding hydrogens is 268 g/mol. The Morgan fingerprint density at radius 3 is 2.63 bits per heavy atom. The Kier molecular flexibility index (Phi) is 2.98. The predicted octanol–water partition coefficient (Wildman–Crippen LogP) is 2.91. The first-order valence-corrected chi connectivity index (χ1v) is 6.42. The zero-order valence-corrected chi connectivity index (χ0v) is 11.2. The van der Waals surface area contributed by atoms with Gasteiger partial charge in [-0.2, -0.15) is 0 Å². The normalized spacial score (nSPS) is 13.6. The summed E-state index contributed by atoms with van der Waals surface area (Å²) in [6.45, 7) is 3.05. The van der Waals surface area contributed by atoms with E-state index < -0.39 is 0 Å². The van der Waals surface area contributed by atoms with Gasteiger partial charge in [-0.3, -0.25) is 0 Å². The van der Waals surface area contributed by atoms with Gasteiger partial charge in [-0.05, 0) is 12.5 Å². The van der Waals surface area contributed by atoms with Crippen molar-refractivity contribution in [1.82, 2.24) is 5.16 Å². The number of anilines is 1. The fourth-order valence-electron chi connectivity index (χ4n) is 2.21. The molecule has 0 atom stereocenters. The Hall–Kier alpha value is -1.88. The molecule has 0 bridgehead atoms. The van der Waals surface area contributed by atoms with Crippen molar-refractivity contribution in [2.24, 2.45) is 0 Å². The Morgan fingerprint density at radius 2 is 2.00 bits per heavy atom. The van der Waals surface area contributed by atoms with Crippen molar-refractivity contribution in [2.75, 3.05) is 18.9 Å². The van der Waals surface area contributed by atoms with Crippen LogP contribution < -0.4 is 15.2 Å². The third-order valence-electron chi connectivity index (χ3n) is 3.02. The van der Waals surface area contributed by atoms with Gasteiger partial charge in [0.05, 0.1) is 5.02 Å². The molecule has 0 saturated carbocycles. The monoisotopic (exact) mass is 280 g/mol. The lowest BCUT2D eigenvalue weighted by atomic mass is 10.0. The molecule has 0 radical (unpaired) electrons. The zero-order valence-electron chi connectivity index (χ0n) is 10.4. The largest absolute Gasteiger partial charge is 0.486 e. The summed E-state index contributed by atoms with van der Waals surface area (Å²) in [5.74, 6) is 2.20. The first kappa shape index (κ1) is 12.2. The number of halogens is 1. The minimum atomic E-state index is 0.336. The van der Waals surface area contributed by atoms with Gasteiger partial charge in [0.2, 0.25) is 0 Å². The highest BCUT2D eigenvalue weighted by molar-refractivity contribution is 6.32. The lowest BCUT2D eigenvalue weighted by Gasteiger charge is -2.23. The van der Waals surface area contributed by atoms with Crippen molar-refractivity contribution < 1.29 is 14.0 Å². The first-order valence-electron chi connectivity index (χ1n) is 6.04. The lowest BCUT2D eigenvalue weighted by molar-refractivity contribution is 0.170. The van der Waals surface area contributed by atoms with Gasteiger partial charge in [0.1, 0.15) is 13.2 Å². The summed E-state index contributed by atoms with van der Waals surface area (Å²) >= 11 is 6.23. The van der Waals surface area contributed by atoms with Crippen molar-refractivity contribution in [1.29, 1.82) is 0 Å². The Morgan fingerprint density at radius 1 is 1.26 bits per heavy atom. The van der Waals surface area contributed by atoms with Crippen LogP contribution in [0, 0.1) is 0 Å². The highest BCUT2D eigenvalue weighted by Gasteiger charge is 2.24. The van der Waals surface area contributed by atoms with E-state index in [4.69, 9.17) is 31.3 Å². The van der Waals surface area contributed by atoms with Crippen molar-refractivity contribution in [3.63, 3.8) is 0 Å². The molecule has 19 heavy (non-hydrogen) atoms. The van der Waals surface area contributed by atoms with Gasteiger partial charge in [-0.1, -0.05) is 23.7 Å². The van der Waals surface area contributed by atoms with Crippen LogP contribution in [0.2, 0.25) is 5.02 Å². The van der Waals surface area contributed by atoms with Gasteiger partial charge in [-0.25, -0.2) is 0 Å². The van der Waals surface area contributed by atoms with E-state index in [1.54, 1.807) is 12.1 Å². The van der Waals surface area contributed by atoms with Crippen LogP contribution in [0.3, 0.4) is 0 Å². The molecule has 0 amide bonds. The topological polar surface area (TPSA) is 70.5 Å². The predicted molar refractivity (Wildman–Crippen MR) is 71.7 cm³/mol. The summed E-state index contributed by atoms with van der Waals surface area (Å²) in [4.78, 5) is 0. The van der Waals surface area contributed by atoms with Gasteiger partial charge in [0.15, 0.2) is 23.1 Å². The Balaban J connectivity index is 2.22. The quantitative estimate of drug-likeness (QED) is 0.916. The molecule has 6 heteroatoms. The van der Waals surface area contributed by atoms with E-state index in [1.807, 2.05) is 6.92 Å². The summed E-state index contributed by atoms with van der Waals surface area (Å²) in [6.07, 6.45) is 0.763. The smallest absolute Gasteiger partial charge is 0.180 e. The third-order valence-corrected chi connectivity index (χ3v) is 3.30. The molecule has 0 fully saturated rings. The van der Waals surface area contributed by atoms with E-state index in [-0.39, 0.29) is 0 Å². The molecule has 0 unspecified atom stereocenters. The lowest BCUT2D eigenvalue weighted by Crippen LogP contribution is -2.17. The first-order chi connectivity index (χ1) is 9.20. The number of aromatic nitrogens is 1. The number of fused-ring (bicyclic) bond motifs is 1. The molecule has 1 aliphatic rings. The van der Waals surface area contributed by atoms with E-state index in [2.05, 4.69) is 5.16 Å². The average Bonchev–Trinajstić information content (AvgIpc) is 2.85. The average molecular weight is 281 g/mol. The van der Waals surface area contributed by atoms with Crippen LogP contribution in [-0.2, 0) is 6.42 Å². The summed E-state index contributed by atoms with van der Waals surface area (Å²) in [5, 5.41) is 4.19. The number of nitrogens with two attached hydrogens (primary N) is 1. The van der Waals surface area contributed by atoms with Crippen LogP contribution in [0.5, 0.6) is 11.5 Å². The second-order valence-corrected chi connectivity index (χ2v) is 4.62. The van der Waals surface area contributed by atoms with Gasteiger partial charge in [0, 0.05) is 17.2 Å². The fraction of sp³-hybridized carbons (Fsp3) is 0.308. The fourth-order valence-corrected chi connectivity index (χ4v) is 2.46. The molecule has 3 rings (SSSR count). The SMILES string of the molecule is CCc1c(-c2cc(N)no2)cc(Cl)c2c1OCCO2. The minimum Gasteiger partial charge on any atom is -0.486 e. The zero-order chi connectivity index (χ0) is 13.4. The number of hydrogen-bond acceptors (Lipinski definition) is 5. The summed E-state index contributed by atoms with van der Waals surface area (Å²) in [6, 6.07) is 3.47. The number of nitrogen functional groups attached to an aromatic ring is 1. The minimum absolute atomic E-state index is 0.336. The number of nitrogens with zero attached hydrogens (tertiary/aromatic N) is 1. The Bertz CT molecular complexity index is 625. The van der Waals surface area contributed by atoms with Gasteiger partial charge in [-0.15, -0.1) is 0 Å². The number of ether oxygens (including phenoxy) is 2. The van der Waals surface area contributed by atoms with E-state index >= 15 is 0 Å². The van der Waals surface area contributed by atoms with Gasteiger partial charge < -0.3 is 19.7 Å². The van der Waals surface area contributed by atoms with Gasteiger partial charge >= 0.3 is 0 Å².